The van der Waals surface area contributed by atoms with E-state index < -0.39 is 0 Å². The fourth-order valence-corrected chi connectivity index (χ4v) is 7.97. The molecule has 2 atom stereocenters. The van der Waals surface area contributed by atoms with Crippen molar-refractivity contribution in [3.8, 4) is 0 Å². The lowest BCUT2D eigenvalue weighted by Crippen LogP contribution is -2.59. The van der Waals surface area contributed by atoms with Gasteiger partial charge in [0, 0.05) is 4.83 Å². The first-order chi connectivity index (χ1) is 9.38. The molecule has 1 rings (SSSR count). The van der Waals surface area contributed by atoms with E-state index in [9.17, 15) is 0 Å². The Kier molecular flexibility index (Phi) is 8.41. The molecule has 1 aliphatic carbocycles. The molecule has 0 aromatic carbocycles. The molecule has 1 fully saturated rings. The molecule has 0 aromatic rings. The zero-order valence-corrected chi connectivity index (χ0v) is 22.3. The molecular weight excluding hydrogens is 660 g/mol. The molecule has 1 aliphatic rings. The van der Waals surface area contributed by atoms with E-state index in [0.717, 1.165) is 6.42 Å². The SMILES string of the molecule is CC1(C)CCCCCCCC(Br)C(Br)(Br)C(Br)(Br)C1(C)Br. The van der Waals surface area contributed by atoms with E-state index >= 15 is 0 Å². The second kappa shape index (κ2) is 8.05. The minimum atomic E-state index is -0.350. The Balaban J connectivity index is 3.21. The van der Waals surface area contributed by atoms with Gasteiger partial charge in [0.15, 0.2) is 0 Å². The molecular formula is C15H24Br6. The number of hydrogen-bond donors (Lipinski definition) is 0. The van der Waals surface area contributed by atoms with Crippen LogP contribution in [0.2, 0.25) is 0 Å². The van der Waals surface area contributed by atoms with Gasteiger partial charge in [0.05, 0.1) is 4.32 Å². The Morgan fingerprint density at radius 1 is 0.762 bits per heavy atom. The van der Waals surface area contributed by atoms with Crippen molar-refractivity contribution in [2.24, 2.45) is 5.41 Å². The summed E-state index contributed by atoms with van der Waals surface area (Å²) in [7, 11) is 0. The average molecular weight is 684 g/mol. The third-order valence-corrected chi connectivity index (χ3v) is 17.3. The standard InChI is InChI=1S/C15H24Br6/c1-12(2)10-8-6-4-5-7-9-11(16)14(18,19)15(20,21)13(12,3)17/h11H,4-10H2,1-3H3. The highest BCUT2D eigenvalue weighted by molar-refractivity contribution is 9.31. The van der Waals surface area contributed by atoms with E-state index in [2.05, 4.69) is 116 Å². The smallest absolute Gasteiger partial charge is 0.0865 e. The van der Waals surface area contributed by atoms with Crippen molar-refractivity contribution >= 4 is 95.6 Å². The molecule has 0 heterocycles. The molecule has 0 bridgehead atoms. The van der Waals surface area contributed by atoms with Crippen molar-refractivity contribution in [2.75, 3.05) is 0 Å². The number of rotatable bonds is 0. The molecule has 0 aromatic heterocycles. The average Bonchev–Trinajstić information content (AvgIpc) is 2.35. The predicted octanol–water partition coefficient (Wildman–Crippen LogP) is 8.65. The molecule has 21 heavy (non-hydrogen) atoms. The summed E-state index contributed by atoms with van der Waals surface area (Å²) in [5.74, 6) is 0. The van der Waals surface area contributed by atoms with E-state index in [0.29, 0.717) is 4.83 Å². The van der Waals surface area contributed by atoms with E-state index in [1.165, 1.54) is 38.5 Å². The Hall–Kier alpha value is 2.88. The van der Waals surface area contributed by atoms with Crippen molar-refractivity contribution in [3.05, 3.63) is 0 Å². The van der Waals surface area contributed by atoms with Crippen molar-refractivity contribution in [1.82, 2.24) is 0 Å². The van der Waals surface area contributed by atoms with Gasteiger partial charge in [-0.25, -0.2) is 0 Å². The summed E-state index contributed by atoms with van der Waals surface area (Å²) in [5, 5.41) is 0. The molecule has 0 aliphatic heterocycles. The second-order valence-corrected chi connectivity index (χ2v) is 16.6. The minimum Gasteiger partial charge on any atom is -0.0865 e. The number of halogens is 6. The van der Waals surface area contributed by atoms with Crippen LogP contribution in [-0.4, -0.2) is 15.6 Å². The number of hydrogen-bond acceptors (Lipinski definition) is 0. The molecule has 126 valence electrons. The van der Waals surface area contributed by atoms with Gasteiger partial charge >= 0.3 is 0 Å². The van der Waals surface area contributed by atoms with Crippen molar-refractivity contribution in [2.45, 2.75) is 81.3 Å². The van der Waals surface area contributed by atoms with Gasteiger partial charge in [-0.05, 0) is 25.2 Å². The van der Waals surface area contributed by atoms with Gasteiger partial charge in [0.25, 0.3) is 0 Å². The van der Waals surface area contributed by atoms with Crippen LogP contribution in [-0.2, 0) is 0 Å². The second-order valence-electron chi connectivity index (χ2n) is 6.86. The van der Waals surface area contributed by atoms with Gasteiger partial charge in [0.2, 0.25) is 0 Å². The first-order valence-corrected chi connectivity index (χ1v) is 12.3. The molecule has 0 amide bonds. The third kappa shape index (κ3) is 4.54. The maximum absolute atomic E-state index is 4.05. The zero-order valence-electron chi connectivity index (χ0n) is 12.8. The summed E-state index contributed by atoms with van der Waals surface area (Å²) in [6.45, 7) is 6.98. The molecule has 0 spiro atoms. The molecule has 2 unspecified atom stereocenters. The van der Waals surface area contributed by atoms with Crippen LogP contribution < -0.4 is 0 Å². The lowest BCUT2D eigenvalue weighted by Gasteiger charge is -2.54. The fraction of sp³-hybridized carbons (Fsp3) is 1.00. The summed E-state index contributed by atoms with van der Waals surface area (Å²) in [6, 6.07) is 0. The quantitative estimate of drug-likeness (QED) is 0.224. The first kappa shape index (κ1) is 21.9. The van der Waals surface area contributed by atoms with Gasteiger partial charge in [-0.3, -0.25) is 0 Å². The van der Waals surface area contributed by atoms with Gasteiger partial charge in [-0.1, -0.05) is 142 Å². The first-order valence-electron chi connectivity index (χ1n) is 7.46. The highest BCUT2D eigenvalue weighted by Crippen LogP contribution is 2.65. The highest BCUT2D eigenvalue weighted by atomic mass is 79.9. The molecule has 0 nitrogen and oxygen atoms in total. The monoisotopic (exact) mass is 678 g/mol. The number of alkyl halides is 6. The summed E-state index contributed by atoms with van der Waals surface area (Å²) in [5.41, 5.74) is 0.138. The van der Waals surface area contributed by atoms with Crippen LogP contribution in [0.3, 0.4) is 0 Å². The van der Waals surface area contributed by atoms with Crippen LogP contribution >= 0.6 is 95.6 Å². The molecule has 0 radical (unpaired) electrons. The van der Waals surface area contributed by atoms with Gasteiger partial charge < -0.3 is 0 Å². The maximum Gasteiger partial charge on any atom is 0.122 e. The summed E-state index contributed by atoms with van der Waals surface area (Å²) in [6.07, 6.45) is 8.90. The van der Waals surface area contributed by atoms with Crippen molar-refractivity contribution < 1.29 is 0 Å². The van der Waals surface area contributed by atoms with Gasteiger partial charge in [0.1, 0.15) is 6.47 Å². The topological polar surface area (TPSA) is 0 Å². The Morgan fingerprint density at radius 2 is 1.24 bits per heavy atom. The fourth-order valence-electron chi connectivity index (χ4n) is 2.77. The lowest BCUT2D eigenvalue weighted by molar-refractivity contribution is 0.226. The largest absolute Gasteiger partial charge is 0.122 e. The van der Waals surface area contributed by atoms with Crippen molar-refractivity contribution in [1.29, 1.82) is 0 Å². The molecule has 6 heteroatoms. The van der Waals surface area contributed by atoms with Gasteiger partial charge in [-0.15, -0.1) is 0 Å². The van der Waals surface area contributed by atoms with Crippen molar-refractivity contribution in [3.63, 3.8) is 0 Å². The lowest BCUT2D eigenvalue weighted by atomic mass is 9.73. The van der Waals surface area contributed by atoms with Gasteiger partial charge in [-0.2, -0.15) is 0 Å². The summed E-state index contributed by atoms with van der Waals surface area (Å²) < 4.78 is -0.802. The van der Waals surface area contributed by atoms with E-state index in [4.69, 9.17) is 0 Å². The highest BCUT2D eigenvalue weighted by Gasteiger charge is 2.62. The predicted molar refractivity (Wildman–Crippen MR) is 117 cm³/mol. The summed E-state index contributed by atoms with van der Waals surface area (Å²) >= 11 is 23.8. The van der Waals surface area contributed by atoms with E-state index in [-0.39, 0.29) is 16.2 Å². The molecule has 0 N–H and O–H groups in total. The normalized spacial score (nSPS) is 37.3. The Labute approximate surface area is 180 Å². The van der Waals surface area contributed by atoms with E-state index in [1.807, 2.05) is 0 Å². The van der Waals surface area contributed by atoms with Crippen LogP contribution in [0.5, 0.6) is 0 Å². The molecule has 1 saturated carbocycles. The Morgan fingerprint density at radius 3 is 1.81 bits per heavy atom. The van der Waals surface area contributed by atoms with Crippen LogP contribution in [0.15, 0.2) is 0 Å². The zero-order chi connectivity index (χ0) is 16.5. The summed E-state index contributed by atoms with van der Waals surface area (Å²) in [4.78, 5) is 0.316. The van der Waals surface area contributed by atoms with Crippen LogP contribution in [0.25, 0.3) is 0 Å². The Bertz CT molecular complexity index is 348. The minimum absolute atomic E-state index is 0.138. The van der Waals surface area contributed by atoms with Crippen LogP contribution in [0.4, 0.5) is 0 Å². The van der Waals surface area contributed by atoms with E-state index in [1.54, 1.807) is 0 Å². The van der Waals surface area contributed by atoms with Crippen LogP contribution in [0, 0.1) is 5.41 Å². The maximum atomic E-state index is 4.05. The third-order valence-electron chi connectivity index (χ3n) is 4.93. The molecule has 0 saturated heterocycles. The van der Waals surface area contributed by atoms with Crippen LogP contribution in [0.1, 0.15) is 65.7 Å².